The lowest BCUT2D eigenvalue weighted by Crippen LogP contribution is -2.09. The fourth-order valence-corrected chi connectivity index (χ4v) is 2.50. The van der Waals surface area contributed by atoms with Crippen LogP contribution in [0.1, 0.15) is 31.7 Å². The first kappa shape index (κ1) is 19.4. The standard InChI is InChI=1S/C15H21O7P/c1-3-4-5-14(16)22-13-8-6-12(7-9-13)10-21-23(18,19)11-15(17)20-2/h6-9H,3-5,10-11H2,1-2H3,(H,18,19). The van der Waals surface area contributed by atoms with Crippen LogP contribution in [-0.2, 0) is 30.0 Å². The maximum atomic E-state index is 11.6. The minimum Gasteiger partial charge on any atom is -0.469 e. The van der Waals surface area contributed by atoms with E-state index < -0.39 is 19.7 Å². The lowest BCUT2D eigenvalue weighted by Gasteiger charge is -2.11. The van der Waals surface area contributed by atoms with Crippen molar-refractivity contribution in [3.63, 3.8) is 0 Å². The van der Waals surface area contributed by atoms with Gasteiger partial charge in [0.1, 0.15) is 11.9 Å². The van der Waals surface area contributed by atoms with Crippen molar-refractivity contribution in [1.29, 1.82) is 0 Å². The number of unbranched alkanes of at least 4 members (excludes halogenated alkanes) is 1. The van der Waals surface area contributed by atoms with E-state index in [2.05, 4.69) is 4.74 Å². The van der Waals surface area contributed by atoms with Crippen LogP contribution in [-0.4, -0.2) is 30.1 Å². The molecule has 23 heavy (non-hydrogen) atoms. The summed E-state index contributed by atoms with van der Waals surface area (Å²) in [4.78, 5) is 32.0. The van der Waals surface area contributed by atoms with E-state index in [-0.39, 0.29) is 12.6 Å². The maximum Gasteiger partial charge on any atom is 0.339 e. The van der Waals surface area contributed by atoms with Gasteiger partial charge in [-0.05, 0) is 24.1 Å². The first-order valence-electron chi connectivity index (χ1n) is 7.19. The van der Waals surface area contributed by atoms with Gasteiger partial charge in [0.2, 0.25) is 0 Å². The zero-order valence-corrected chi connectivity index (χ0v) is 14.1. The number of hydrogen-bond acceptors (Lipinski definition) is 6. The topological polar surface area (TPSA) is 99.1 Å². The van der Waals surface area contributed by atoms with Crippen molar-refractivity contribution in [2.75, 3.05) is 13.3 Å². The van der Waals surface area contributed by atoms with Crippen LogP contribution in [0.3, 0.4) is 0 Å². The van der Waals surface area contributed by atoms with Crippen LogP contribution in [0.25, 0.3) is 0 Å². The molecule has 1 rings (SSSR count). The summed E-state index contributed by atoms with van der Waals surface area (Å²) in [6.45, 7) is 1.84. The van der Waals surface area contributed by atoms with Crippen LogP contribution in [0.15, 0.2) is 24.3 Å². The number of carbonyl (C=O) groups excluding carboxylic acids is 2. The summed E-state index contributed by atoms with van der Waals surface area (Å²) in [6.07, 6.45) is 1.36. The average Bonchev–Trinajstić information content (AvgIpc) is 2.52. The van der Waals surface area contributed by atoms with Gasteiger partial charge in [-0.25, -0.2) is 0 Å². The van der Waals surface area contributed by atoms with Crippen LogP contribution in [0.5, 0.6) is 5.75 Å². The molecule has 0 aromatic heterocycles. The first-order valence-corrected chi connectivity index (χ1v) is 8.95. The summed E-state index contributed by atoms with van der Waals surface area (Å²) < 4.78 is 26.0. The van der Waals surface area contributed by atoms with Crippen LogP contribution >= 0.6 is 7.60 Å². The summed E-state index contributed by atoms with van der Waals surface area (Å²) in [5, 5.41) is 0. The third-order valence-corrected chi connectivity index (χ3v) is 4.07. The summed E-state index contributed by atoms with van der Waals surface area (Å²) in [5.74, 6) is -0.712. The Bertz CT molecular complexity index is 568. The number of esters is 2. The van der Waals surface area contributed by atoms with Crippen molar-refractivity contribution in [2.24, 2.45) is 0 Å². The molecule has 0 aliphatic heterocycles. The minimum atomic E-state index is -4.04. The van der Waals surface area contributed by atoms with E-state index >= 15 is 0 Å². The van der Waals surface area contributed by atoms with Gasteiger partial charge in [-0.3, -0.25) is 14.2 Å². The molecule has 1 N–H and O–H groups in total. The lowest BCUT2D eigenvalue weighted by atomic mass is 10.2. The van der Waals surface area contributed by atoms with Crippen molar-refractivity contribution < 1.29 is 33.0 Å². The Labute approximate surface area is 135 Å². The molecule has 0 heterocycles. The predicted molar refractivity (Wildman–Crippen MR) is 83.1 cm³/mol. The molecule has 0 aliphatic carbocycles. The van der Waals surface area contributed by atoms with Crippen LogP contribution in [0, 0.1) is 0 Å². The Morgan fingerprint density at radius 2 is 1.83 bits per heavy atom. The molecule has 8 heteroatoms. The van der Waals surface area contributed by atoms with Crippen LogP contribution in [0.4, 0.5) is 0 Å². The van der Waals surface area contributed by atoms with E-state index in [9.17, 15) is 19.0 Å². The maximum absolute atomic E-state index is 11.6. The molecule has 0 radical (unpaired) electrons. The zero-order valence-electron chi connectivity index (χ0n) is 13.2. The summed E-state index contributed by atoms with van der Waals surface area (Å²) in [5.41, 5.74) is 0.609. The SMILES string of the molecule is CCCCC(=O)Oc1ccc(COP(=O)(O)CC(=O)OC)cc1. The highest BCUT2D eigenvalue weighted by Gasteiger charge is 2.24. The lowest BCUT2D eigenvalue weighted by molar-refractivity contribution is -0.138. The molecule has 1 aromatic carbocycles. The van der Waals surface area contributed by atoms with Crippen molar-refractivity contribution >= 4 is 19.5 Å². The van der Waals surface area contributed by atoms with Gasteiger partial charge < -0.3 is 18.9 Å². The highest BCUT2D eigenvalue weighted by Crippen LogP contribution is 2.42. The van der Waals surface area contributed by atoms with E-state index in [1.54, 1.807) is 24.3 Å². The van der Waals surface area contributed by atoms with Gasteiger partial charge in [-0.15, -0.1) is 0 Å². The largest absolute Gasteiger partial charge is 0.469 e. The molecule has 0 saturated carbocycles. The number of benzene rings is 1. The number of carbonyl (C=O) groups is 2. The molecule has 1 aromatic rings. The van der Waals surface area contributed by atoms with Crippen molar-refractivity contribution in [1.82, 2.24) is 0 Å². The van der Waals surface area contributed by atoms with Gasteiger partial charge in [0.15, 0.2) is 0 Å². The molecule has 0 bridgehead atoms. The monoisotopic (exact) mass is 344 g/mol. The minimum absolute atomic E-state index is 0.144. The van der Waals surface area contributed by atoms with Gasteiger partial charge in [0.05, 0.1) is 13.7 Å². The van der Waals surface area contributed by atoms with E-state index in [4.69, 9.17) is 9.26 Å². The van der Waals surface area contributed by atoms with Gasteiger partial charge in [0, 0.05) is 6.42 Å². The van der Waals surface area contributed by atoms with Crippen LogP contribution < -0.4 is 4.74 Å². The smallest absolute Gasteiger partial charge is 0.339 e. The normalized spacial score (nSPS) is 13.2. The van der Waals surface area contributed by atoms with E-state index in [1.807, 2.05) is 6.92 Å². The molecule has 128 valence electrons. The molecule has 0 spiro atoms. The van der Waals surface area contributed by atoms with E-state index in [0.29, 0.717) is 17.7 Å². The molecule has 7 nitrogen and oxygen atoms in total. The number of methoxy groups -OCH3 is 1. The summed E-state index contributed by atoms with van der Waals surface area (Å²) in [7, 11) is -2.91. The second-order valence-electron chi connectivity index (χ2n) is 4.87. The molecular weight excluding hydrogens is 323 g/mol. The fraction of sp³-hybridized carbons (Fsp3) is 0.467. The quantitative estimate of drug-likeness (QED) is 0.418. The second kappa shape index (κ2) is 9.45. The molecule has 0 amide bonds. The molecule has 1 unspecified atom stereocenters. The number of rotatable bonds is 9. The molecule has 0 aliphatic rings. The van der Waals surface area contributed by atoms with Gasteiger partial charge in [-0.2, -0.15) is 0 Å². The Morgan fingerprint density at radius 3 is 2.39 bits per heavy atom. The van der Waals surface area contributed by atoms with Gasteiger partial charge in [-0.1, -0.05) is 25.5 Å². The average molecular weight is 344 g/mol. The zero-order chi connectivity index (χ0) is 17.3. The third-order valence-electron chi connectivity index (χ3n) is 2.88. The first-order chi connectivity index (χ1) is 10.9. The Morgan fingerprint density at radius 1 is 1.17 bits per heavy atom. The Kier molecular flexibility index (Phi) is 7.95. The molecule has 0 saturated heterocycles. The van der Waals surface area contributed by atoms with E-state index in [0.717, 1.165) is 20.0 Å². The van der Waals surface area contributed by atoms with Crippen molar-refractivity contribution in [2.45, 2.75) is 32.8 Å². The summed E-state index contributed by atoms with van der Waals surface area (Å²) in [6, 6.07) is 6.37. The fourth-order valence-electron chi connectivity index (χ4n) is 1.61. The highest BCUT2D eigenvalue weighted by molar-refractivity contribution is 7.53. The van der Waals surface area contributed by atoms with Gasteiger partial charge >= 0.3 is 19.5 Å². The van der Waals surface area contributed by atoms with Crippen LogP contribution in [0.2, 0.25) is 0 Å². The van der Waals surface area contributed by atoms with Crippen molar-refractivity contribution in [3.05, 3.63) is 29.8 Å². The van der Waals surface area contributed by atoms with Crippen molar-refractivity contribution in [3.8, 4) is 5.75 Å². The molecule has 0 fully saturated rings. The third kappa shape index (κ3) is 7.93. The predicted octanol–water partition coefficient (Wildman–Crippen LogP) is 2.66. The van der Waals surface area contributed by atoms with Gasteiger partial charge in [0.25, 0.3) is 0 Å². The summed E-state index contributed by atoms with van der Waals surface area (Å²) >= 11 is 0. The number of hydrogen-bond donors (Lipinski definition) is 1. The Hall–Kier alpha value is -1.69. The number of ether oxygens (including phenoxy) is 2. The molecule has 1 atom stereocenters. The van der Waals surface area contributed by atoms with E-state index in [1.165, 1.54) is 0 Å². The highest BCUT2D eigenvalue weighted by atomic mass is 31.2. The Balaban J connectivity index is 2.49. The molecular formula is C15H21O7P. The second-order valence-corrected chi connectivity index (χ2v) is 6.72.